The lowest BCUT2D eigenvalue weighted by atomic mass is 10.0. The average molecular weight is 476 g/mol. The van der Waals surface area contributed by atoms with Gasteiger partial charge in [-0.25, -0.2) is 4.99 Å². The zero-order valence-electron chi connectivity index (χ0n) is 16.2. The number of nitrogens with one attached hydrogen (secondary N) is 1. The summed E-state index contributed by atoms with van der Waals surface area (Å²) in [7, 11) is 3.26. The Bertz CT molecular complexity index is 568. The molecular weight excluding hydrogens is 443 g/mol. The molecule has 3 N–H and O–H groups in total. The summed E-state index contributed by atoms with van der Waals surface area (Å²) in [6, 6.07) is 5.77. The molecule has 7 heteroatoms. The van der Waals surface area contributed by atoms with E-state index in [-0.39, 0.29) is 24.0 Å². The van der Waals surface area contributed by atoms with Gasteiger partial charge in [0.25, 0.3) is 0 Å². The molecule has 0 aliphatic carbocycles. The van der Waals surface area contributed by atoms with E-state index in [0.29, 0.717) is 24.0 Å². The maximum absolute atomic E-state index is 5.96. The first-order valence-electron chi connectivity index (χ1n) is 9.09. The van der Waals surface area contributed by atoms with E-state index in [0.717, 1.165) is 31.0 Å². The summed E-state index contributed by atoms with van der Waals surface area (Å²) in [5.41, 5.74) is 6.99. The van der Waals surface area contributed by atoms with Gasteiger partial charge in [0.05, 0.1) is 20.8 Å². The van der Waals surface area contributed by atoms with Crippen LogP contribution in [0.15, 0.2) is 23.2 Å². The highest BCUT2D eigenvalue weighted by Gasteiger charge is 2.15. The Hall–Kier alpha value is -1.22. The molecule has 1 unspecified atom stereocenters. The smallest absolute Gasteiger partial charge is 0.188 e. The van der Waals surface area contributed by atoms with Crippen LogP contribution in [0.4, 0.5) is 0 Å². The monoisotopic (exact) mass is 476 g/mol. The van der Waals surface area contributed by atoms with Crippen molar-refractivity contribution in [3.8, 4) is 11.5 Å². The molecule has 1 atom stereocenters. The Labute approximate surface area is 174 Å². The number of guanidine groups is 1. The molecule has 6 nitrogen and oxygen atoms in total. The number of benzene rings is 1. The van der Waals surface area contributed by atoms with Gasteiger partial charge < -0.3 is 25.4 Å². The number of likely N-dealkylation sites (tertiary alicyclic amines) is 1. The van der Waals surface area contributed by atoms with Gasteiger partial charge >= 0.3 is 0 Å². The molecule has 26 heavy (non-hydrogen) atoms. The van der Waals surface area contributed by atoms with E-state index < -0.39 is 0 Å². The van der Waals surface area contributed by atoms with Crippen molar-refractivity contribution in [2.75, 3.05) is 40.4 Å². The van der Waals surface area contributed by atoms with Crippen molar-refractivity contribution in [2.24, 2.45) is 16.6 Å². The number of hydrogen-bond acceptors (Lipinski definition) is 4. The highest BCUT2D eigenvalue weighted by molar-refractivity contribution is 14.0. The number of aliphatic imine (C=N–C) groups is 1. The molecular formula is C19H33IN4O2. The molecule has 2 rings (SSSR count). The third-order valence-electron chi connectivity index (χ3n) is 4.58. The summed E-state index contributed by atoms with van der Waals surface area (Å²) in [5.74, 6) is 2.74. The zero-order chi connectivity index (χ0) is 18.1. The van der Waals surface area contributed by atoms with Crippen molar-refractivity contribution >= 4 is 29.9 Å². The minimum Gasteiger partial charge on any atom is -0.493 e. The van der Waals surface area contributed by atoms with Crippen molar-refractivity contribution in [2.45, 2.75) is 32.7 Å². The van der Waals surface area contributed by atoms with Crippen LogP contribution >= 0.6 is 24.0 Å². The van der Waals surface area contributed by atoms with Crippen LogP contribution < -0.4 is 20.5 Å². The molecule has 1 heterocycles. The molecule has 1 aliphatic heterocycles. The van der Waals surface area contributed by atoms with E-state index in [1.807, 2.05) is 18.2 Å². The summed E-state index contributed by atoms with van der Waals surface area (Å²) < 4.78 is 10.5. The number of nitrogens with zero attached hydrogens (tertiary/aromatic N) is 2. The quantitative estimate of drug-likeness (QED) is 0.261. The van der Waals surface area contributed by atoms with Gasteiger partial charge in [0.2, 0.25) is 0 Å². The van der Waals surface area contributed by atoms with Crippen LogP contribution in [0, 0.1) is 5.92 Å². The molecule has 0 saturated carbocycles. The molecule has 0 bridgehead atoms. The first kappa shape index (κ1) is 22.8. The Balaban J connectivity index is 0.00000338. The first-order chi connectivity index (χ1) is 12.1. The fraction of sp³-hybridized carbons (Fsp3) is 0.632. The van der Waals surface area contributed by atoms with Crippen molar-refractivity contribution in [1.29, 1.82) is 0 Å². The predicted octanol–water partition coefficient (Wildman–Crippen LogP) is 2.85. The van der Waals surface area contributed by atoms with E-state index >= 15 is 0 Å². The molecule has 0 aromatic heterocycles. The maximum Gasteiger partial charge on any atom is 0.188 e. The van der Waals surface area contributed by atoms with Crippen molar-refractivity contribution in [1.82, 2.24) is 10.2 Å². The SMILES string of the molecule is COc1ccc(CN=C(N)NCCCN2CCCC(C)C2)cc1OC.I. The molecule has 148 valence electrons. The number of hydrogen-bond donors (Lipinski definition) is 2. The van der Waals surface area contributed by atoms with E-state index in [2.05, 4.69) is 22.1 Å². The molecule has 0 spiro atoms. The Morgan fingerprint density at radius 1 is 1.31 bits per heavy atom. The van der Waals surface area contributed by atoms with Crippen LogP contribution in [-0.2, 0) is 6.54 Å². The highest BCUT2D eigenvalue weighted by Crippen LogP contribution is 2.27. The zero-order valence-corrected chi connectivity index (χ0v) is 18.5. The highest BCUT2D eigenvalue weighted by atomic mass is 127. The fourth-order valence-electron chi connectivity index (χ4n) is 3.22. The molecule has 1 aromatic carbocycles. The van der Waals surface area contributed by atoms with Crippen LogP contribution in [0.1, 0.15) is 31.7 Å². The number of rotatable bonds is 8. The largest absolute Gasteiger partial charge is 0.493 e. The topological polar surface area (TPSA) is 72.1 Å². The molecule has 1 saturated heterocycles. The minimum absolute atomic E-state index is 0. The summed E-state index contributed by atoms with van der Waals surface area (Å²) in [6.07, 6.45) is 3.77. The predicted molar refractivity (Wildman–Crippen MR) is 118 cm³/mol. The Morgan fingerprint density at radius 3 is 2.77 bits per heavy atom. The van der Waals surface area contributed by atoms with Crippen molar-refractivity contribution in [3.63, 3.8) is 0 Å². The van der Waals surface area contributed by atoms with Crippen LogP contribution in [0.25, 0.3) is 0 Å². The lowest BCUT2D eigenvalue weighted by Gasteiger charge is -2.30. The van der Waals surface area contributed by atoms with Crippen LogP contribution in [-0.4, -0.2) is 51.3 Å². The minimum atomic E-state index is 0. The Kier molecular flexibility index (Phi) is 10.7. The number of piperidine rings is 1. The summed E-state index contributed by atoms with van der Waals surface area (Å²) >= 11 is 0. The maximum atomic E-state index is 5.96. The molecule has 0 amide bonds. The van der Waals surface area contributed by atoms with E-state index in [9.17, 15) is 0 Å². The summed E-state index contributed by atoms with van der Waals surface area (Å²) in [6.45, 7) is 7.29. The van der Waals surface area contributed by atoms with Gasteiger partial charge in [-0.1, -0.05) is 13.0 Å². The fourth-order valence-corrected chi connectivity index (χ4v) is 3.22. The number of ether oxygens (including phenoxy) is 2. The van der Waals surface area contributed by atoms with Crippen LogP contribution in [0.5, 0.6) is 11.5 Å². The standard InChI is InChI=1S/C19H32N4O2.HI/c1-15-6-4-10-23(14-15)11-5-9-21-19(20)22-13-16-7-8-17(24-2)18(12-16)25-3;/h7-8,12,15H,4-6,9-11,13-14H2,1-3H3,(H3,20,21,22);1H. The van der Waals surface area contributed by atoms with Gasteiger partial charge in [0.1, 0.15) is 0 Å². The lowest BCUT2D eigenvalue weighted by molar-refractivity contribution is 0.182. The molecule has 0 radical (unpaired) electrons. The van der Waals surface area contributed by atoms with Gasteiger partial charge in [0, 0.05) is 13.1 Å². The Morgan fingerprint density at radius 2 is 2.08 bits per heavy atom. The summed E-state index contributed by atoms with van der Waals surface area (Å²) in [5, 5.41) is 3.20. The average Bonchev–Trinajstić information content (AvgIpc) is 2.63. The molecule has 1 fully saturated rings. The first-order valence-corrected chi connectivity index (χ1v) is 9.09. The van der Waals surface area contributed by atoms with Crippen molar-refractivity contribution in [3.05, 3.63) is 23.8 Å². The van der Waals surface area contributed by atoms with Gasteiger partial charge in [-0.15, -0.1) is 24.0 Å². The van der Waals surface area contributed by atoms with Crippen LogP contribution in [0.2, 0.25) is 0 Å². The second kappa shape index (κ2) is 12.2. The van der Waals surface area contributed by atoms with Gasteiger partial charge in [-0.05, 0) is 56.0 Å². The number of methoxy groups -OCH3 is 2. The lowest BCUT2D eigenvalue weighted by Crippen LogP contribution is -2.38. The van der Waals surface area contributed by atoms with Crippen molar-refractivity contribution < 1.29 is 9.47 Å². The summed E-state index contributed by atoms with van der Waals surface area (Å²) in [4.78, 5) is 6.94. The van der Waals surface area contributed by atoms with E-state index in [4.69, 9.17) is 15.2 Å². The van der Waals surface area contributed by atoms with Crippen LogP contribution in [0.3, 0.4) is 0 Å². The van der Waals surface area contributed by atoms with Gasteiger partial charge in [-0.2, -0.15) is 0 Å². The van der Waals surface area contributed by atoms with E-state index in [1.165, 1.54) is 25.9 Å². The third kappa shape index (κ3) is 7.57. The number of halogens is 1. The van der Waals surface area contributed by atoms with Gasteiger partial charge in [0.15, 0.2) is 17.5 Å². The molecule has 1 aliphatic rings. The molecule has 1 aromatic rings. The number of nitrogens with two attached hydrogens (primary N) is 1. The second-order valence-corrected chi connectivity index (χ2v) is 6.72. The van der Waals surface area contributed by atoms with Gasteiger partial charge in [-0.3, -0.25) is 0 Å². The third-order valence-corrected chi connectivity index (χ3v) is 4.58. The second-order valence-electron chi connectivity index (χ2n) is 6.72. The normalized spacial score (nSPS) is 18.1. The van der Waals surface area contributed by atoms with E-state index in [1.54, 1.807) is 14.2 Å².